The van der Waals surface area contributed by atoms with Crippen molar-refractivity contribution in [3.05, 3.63) is 40.2 Å². The van der Waals surface area contributed by atoms with Gasteiger partial charge in [0, 0.05) is 23.1 Å². The number of nitrogens with zero attached hydrogens (tertiary/aromatic N) is 1. The van der Waals surface area contributed by atoms with E-state index in [2.05, 4.69) is 10.3 Å². The van der Waals surface area contributed by atoms with Crippen molar-refractivity contribution in [2.75, 3.05) is 6.54 Å². The van der Waals surface area contributed by atoms with Gasteiger partial charge in [-0.3, -0.25) is 0 Å². The lowest BCUT2D eigenvalue weighted by atomic mass is 9.98. The molecule has 2 aromatic rings. The van der Waals surface area contributed by atoms with E-state index in [9.17, 15) is 13.2 Å². The first kappa shape index (κ1) is 14.5. The molecule has 0 saturated heterocycles. The SMILES string of the molecule is CCNC1CCCc2nc(-c3c(F)cc(F)cc3F)sc21. The van der Waals surface area contributed by atoms with Crippen LogP contribution in [0.3, 0.4) is 0 Å². The van der Waals surface area contributed by atoms with Gasteiger partial charge in [-0.2, -0.15) is 0 Å². The Morgan fingerprint density at radius 3 is 2.67 bits per heavy atom. The van der Waals surface area contributed by atoms with Crippen molar-refractivity contribution in [2.45, 2.75) is 32.2 Å². The Labute approximate surface area is 125 Å². The number of thiazole rings is 1. The number of hydrogen-bond acceptors (Lipinski definition) is 3. The van der Waals surface area contributed by atoms with Crippen LogP contribution in [0.25, 0.3) is 10.6 Å². The molecule has 21 heavy (non-hydrogen) atoms. The molecule has 1 aromatic carbocycles. The summed E-state index contributed by atoms with van der Waals surface area (Å²) < 4.78 is 40.8. The van der Waals surface area contributed by atoms with E-state index in [1.807, 2.05) is 6.92 Å². The third kappa shape index (κ3) is 2.70. The summed E-state index contributed by atoms with van der Waals surface area (Å²) >= 11 is 1.29. The van der Waals surface area contributed by atoms with E-state index in [1.165, 1.54) is 11.3 Å². The fourth-order valence-electron chi connectivity index (χ4n) is 2.71. The Hall–Kier alpha value is -1.40. The summed E-state index contributed by atoms with van der Waals surface area (Å²) in [6, 6.07) is 1.58. The van der Waals surface area contributed by atoms with Gasteiger partial charge in [0.2, 0.25) is 0 Å². The van der Waals surface area contributed by atoms with E-state index < -0.39 is 17.5 Å². The summed E-state index contributed by atoms with van der Waals surface area (Å²) in [7, 11) is 0. The minimum atomic E-state index is -0.916. The molecular weight excluding hydrogens is 297 g/mol. The fraction of sp³-hybridized carbons (Fsp3) is 0.400. The van der Waals surface area contributed by atoms with Crippen LogP contribution in [0.5, 0.6) is 0 Å². The van der Waals surface area contributed by atoms with Gasteiger partial charge in [0.05, 0.1) is 11.3 Å². The lowest BCUT2D eigenvalue weighted by Gasteiger charge is -2.21. The highest BCUT2D eigenvalue weighted by Crippen LogP contribution is 2.39. The Morgan fingerprint density at radius 1 is 1.29 bits per heavy atom. The minimum absolute atomic E-state index is 0.191. The van der Waals surface area contributed by atoms with E-state index in [0.29, 0.717) is 17.1 Å². The first-order chi connectivity index (χ1) is 10.1. The number of rotatable bonds is 3. The van der Waals surface area contributed by atoms with Gasteiger partial charge in [-0.05, 0) is 25.8 Å². The minimum Gasteiger partial charge on any atom is -0.309 e. The highest BCUT2D eigenvalue weighted by atomic mass is 32.1. The fourth-order valence-corrected chi connectivity index (χ4v) is 3.98. The smallest absolute Gasteiger partial charge is 0.139 e. The molecule has 0 amide bonds. The molecule has 0 radical (unpaired) electrons. The first-order valence-corrected chi connectivity index (χ1v) is 7.79. The van der Waals surface area contributed by atoms with Crippen LogP contribution >= 0.6 is 11.3 Å². The quantitative estimate of drug-likeness (QED) is 0.918. The molecule has 0 spiro atoms. The topological polar surface area (TPSA) is 24.9 Å². The molecule has 1 atom stereocenters. The van der Waals surface area contributed by atoms with Crippen LogP contribution < -0.4 is 5.32 Å². The molecule has 1 aromatic heterocycles. The molecule has 112 valence electrons. The van der Waals surface area contributed by atoms with Gasteiger partial charge in [-0.15, -0.1) is 11.3 Å². The van der Waals surface area contributed by atoms with Crippen molar-refractivity contribution >= 4 is 11.3 Å². The van der Waals surface area contributed by atoms with Crippen molar-refractivity contribution in [3.63, 3.8) is 0 Å². The van der Waals surface area contributed by atoms with Gasteiger partial charge in [0.15, 0.2) is 0 Å². The predicted molar refractivity (Wildman–Crippen MR) is 76.8 cm³/mol. The standard InChI is InChI=1S/C15H15F3N2S/c1-2-19-11-4-3-5-12-14(11)21-15(20-12)13-9(17)6-8(16)7-10(13)18/h6-7,11,19H,2-5H2,1H3. The number of halogens is 3. The van der Waals surface area contributed by atoms with Crippen LogP contribution in [0.2, 0.25) is 0 Å². The monoisotopic (exact) mass is 312 g/mol. The zero-order chi connectivity index (χ0) is 15.0. The number of aromatic nitrogens is 1. The number of nitrogens with one attached hydrogen (secondary N) is 1. The molecule has 1 unspecified atom stereocenters. The molecular formula is C15H15F3N2S. The zero-order valence-corrected chi connectivity index (χ0v) is 12.4. The van der Waals surface area contributed by atoms with Gasteiger partial charge in [0.25, 0.3) is 0 Å². The van der Waals surface area contributed by atoms with Crippen molar-refractivity contribution in [1.29, 1.82) is 0 Å². The molecule has 0 fully saturated rings. The van der Waals surface area contributed by atoms with Crippen LogP contribution in [0, 0.1) is 17.5 Å². The summed E-state index contributed by atoms with van der Waals surface area (Å²) in [6.45, 7) is 2.85. The Balaban J connectivity index is 2.06. The average molecular weight is 312 g/mol. The van der Waals surface area contributed by atoms with E-state index in [4.69, 9.17) is 0 Å². The van der Waals surface area contributed by atoms with Crippen LogP contribution in [0.15, 0.2) is 12.1 Å². The van der Waals surface area contributed by atoms with Crippen LogP contribution in [0.1, 0.15) is 36.4 Å². The summed E-state index contributed by atoms with van der Waals surface area (Å²) in [5.74, 6) is -2.72. The lowest BCUT2D eigenvalue weighted by molar-refractivity contribution is 0.476. The second kappa shape index (κ2) is 5.77. The predicted octanol–water partition coefficient (Wildman–Crippen LogP) is 4.21. The molecule has 1 N–H and O–H groups in total. The Kier molecular flexibility index (Phi) is 3.99. The molecule has 0 aliphatic heterocycles. The van der Waals surface area contributed by atoms with Gasteiger partial charge < -0.3 is 5.32 Å². The second-order valence-corrected chi connectivity index (χ2v) is 6.11. The third-order valence-electron chi connectivity index (χ3n) is 3.62. The first-order valence-electron chi connectivity index (χ1n) is 6.98. The van der Waals surface area contributed by atoms with Crippen LogP contribution in [-0.4, -0.2) is 11.5 Å². The number of hydrogen-bond donors (Lipinski definition) is 1. The maximum absolute atomic E-state index is 13.9. The Morgan fingerprint density at radius 2 is 2.00 bits per heavy atom. The Bertz CT molecular complexity index is 646. The van der Waals surface area contributed by atoms with E-state index >= 15 is 0 Å². The van der Waals surface area contributed by atoms with Crippen molar-refractivity contribution < 1.29 is 13.2 Å². The van der Waals surface area contributed by atoms with Crippen molar-refractivity contribution in [3.8, 4) is 10.6 Å². The van der Waals surface area contributed by atoms with Gasteiger partial charge in [0.1, 0.15) is 22.5 Å². The third-order valence-corrected chi connectivity index (χ3v) is 4.85. The summed E-state index contributed by atoms with van der Waals surface area (Å²) in [4.78, 5) is 5.42. The molecule has 1 aliphatic carbocycles. The second-order valence-electron chi connectivity index (χ2n) is 5.08. The zero-order valence-electron chi connectivity index (χ0n) is 11.5. The highest BCUT2D eigenvalue weighted by molar-refractivity contribution is 7.15. The number of benzene rings is 1. The molecule has 6 heteroatoms. The summed E-state index contributed by atoms with van der Waals surface area (Å²) in [6.07, 6.45) is 2.82. The van der Waals surface area contributed by atoms with Gasteiger partial charge >= 0.3 is 0 Å². The van der Waals surface area contributed by atoms with Crippen LogP contribution in [-0.2, 0) is 6.42 Å². The molecule has 3 rings (SSSR count). The van der Waals surface area contributed by atoms with Crippen LogP contribution in [0.4, 0.5) is 13.2 Å². The maximum atomic E-state index is 13.9. The average Bonchev–Trinajstić information content (AvgIpc) is 2.82. The van der Waals surface area contributed by atoms with Crippen molar-refractivity contribution in [2.24, 2.45) is 0 Å². The normalized spacial score (nSPS) is 17.8. The molecule has 1 aliphatic rings. The highest BCUT2D eigenvalue weighted by Gasteiger charge is 2.26. The summed E-state index contributed by atoms with van der Waals surface area (Å²) in [5, 5.41) is 3.66. The molecule has 2 nitrogen and oxygen atoms in total. The van der Waals surface area contributed by atoms with Crippen molar-refractivity contribution in [1.82, 2.24) is 10.3 Å². The van der Waals surface area contributed by atoms with Gasteiger partial charge in [-0.25, -0.2) is 18.2 Å². The van der Waals surface area contributed by atoms with E-state index in [0.717, 1.165) is 36.4 Å². The lowest BCUT2D eigenvalue weighted by Crippen LogP contribution is -2.23. The molecule has 1 heterocycles. The molecule has 0 saturated carbocycles. The maximum Gasteiger partial charge on any atom is 0.139 e. The van der Waals surface area contributed by atoms with E-state index in [-0.39, 0.29) is 11.6 Å². The number of aryl methyl sites for hydroxylation is 1. The molecule has 0 bridgehead atoms. The number of fused-ring (bicyclic) bond motifs is 1. The van der Waals surface area contributed by atoms with E-state index in [1.54, 1.807) is 0 Å². The van der Waals surface area contributed by atoms with Gasteiger partial charge in [-0.1, -0.05) is 6.92 Å². The summed E-state index contributed by atoms with van der Waals surface area (Å²) in [5.41, 5.74) is 0.668. The largest absolute Gasteiger partial charge is 0.309 e.